The van der Waals surface area contributed by atoms with Crippen molar-refractivity contribution < 1.29 is 9.47 Å². The van der Waals surface area contributed by atoms with E-state index in [-0.39, 0.29) is 0 Å². The Bertz CT molecular complexity index is 234. The maximum absolute atomic E-state index is 5.89. The fourth-order valence-electron chi connectivity index (χ4n) is 2.91. The predicted octanol–water partition coefficient (Wildman–Crippen LogP) is -0.243. The van der Waals surface area contributed by atoms with Gasteiger partial charge in [-0.15, -0.1) is 0 Å². The zero-order valence-electron chi connectivity index (χ0n) is 11.5. The molecule has 2 unspecified atom stereocenters. The number of rotatable bonds is 5. The van der Waals surface area contributed by atoms with Gasteiger partial charge in [-0.25, -0.2) is 0 Å². The molecule has 2 atom stereocenters. The largest absolute Gasteiger partial charge is 0.381 e. The smallest absolute Gasteiger partial charge is 0.0599 e. The molecule has 0 saturated carbocycles. The van der Waals surface area contributed by atoms with E-state index in [1.165, 1.54) is 0 Å². The number of likely N-dealkylation sites (tertiary alicyclic amines) is 1. The summed E-state index contributed by atoms with van der Waals surface area (Å²) in [5, 5.41) is 0. The van der Waals surface area contributed by atoms with E-state index in [9.17, 15) is 0 Å². The highest BCUT2D eigenvalue weighted by molar-refractivity contribution is 4.83. The average molecular weight is 257 g/mol. The average Bonchev–Trinajstić information content (AvgIpc) is 2.46. The van der Waals surface area contributed by atoms with E-state index in [0.717, 1.165) is 65.3 Å². The molecule has 2 rings (SSSR count). The van der Waals surface area contributed by atoms with Crippen LogP contribution in [0.15, 0.2) is 0 Å². The zero-order valence-corrected chi connectivity index (χ0v) is 11.5. The molecule has 0 aliphatic carbocycles. The van der Waals surface area contributed by atoms with Crippen LogP contribution < -0.4 is 5.73 Å². The lowest BCUT2D eigenvalue weighted by Gasteiger charge is -2.39. The van der Waals surface area contributed by atoms with Crippen molar-refractivity contribution in [3.8, 4) is 0 Å². The maximum Gasteiger partial charge on any atom is 0.0599 e. The van der Waals surface area contributed by atoms with Gasteiger partial charge >= 0.3 is 0 Å². The Morgan fingerprint density at radius 2 is 2.00 bits per heavy atom. The number of nitrogens with zero attached hydrogens (tertiary/aromatic N) is 2. The van der Waals surface area contributed by atoms with Gasteiger partial charge in [0.25, 0.3) is 0 Å². The Kier molecular flexibility index (Phi) is 5.85. The van der Waals surface area contributed by atoms with Crippen LogP contribution in [0.5, 0.6) is 0 Å². The zero-order chi connectivity index (χ0) is 12.8. The lowest BCUT2D eigenvalue weighted by atomic mass is 9.99. The number of hydrogen-bond acceptors (Lipinski definition) is 5. The van der Waals surface area contributed by atoms with Crippen molar-refractivity contribution in [1.29, 1.82) is 0 Å². The van der Waals surface area contributed by atoms with Gasteiger partial charge in [-0.1, -0.05) is 0 Å². The van der Waals surface area contributed by atoms with Gasteiger partial charge in [-0.3, -0.25) is 9.80 Å². The minimum atomic E-state index is 0.401. The van der Waals surface area contributed by atoms with Crippen LogP contribution in [0.2, 0.25) is 0 Å². The highest BCUT2D eigenvalue weighted by Crippen LogP contribution is 2.18. The first-order valence-corrected chi connectivity index (χ1v) is 7.10. The molecule has 5 nitrogen and oxygen atoms in total. The van der Waals surface area contributed by atoms with Gasteiger partial charge in [0, 0.05) is 52.4 Å². The van der Waals surface area contributed by atoms with E-state index < -0.39 is 0 Å². The maximum atomic E-state index is 5.89. The van der Waals surface area contributed by atoms with Crippen molar-refractivity contribution in [3.63, 3.8) is 0 Å². The molecule has 2 N–H and O–H groups in total. The summed E-state index contributed by atoms with van der Waals surface area (Å²) in [6.45, 7) is 8.02. The van der Waals surface area contributed by atoms with Crippen molar-refractivity contribution in [2.24, 2.45) is 5.73 Å². The molecular formula is C13H27N3O2. The number of piperidine rings is 1. The van der Waals surface area contributed by atoms with Gasteiger partial charge < -0.3 is 15.2 Å². The molecule has 2 saturated heterocycles. The van der Waals surface area contributed by atoms with Crippen LogP contribution in [-0.4, -0.2) is 81.5 Å². The lowest BCUT2D eigenvalue weighted by molar-refractivity contribution is 0.000372. The SMILES string of the molecule is COC1CCN(CCN2CCOCC2)C(CN)C1. The van der Waals surface area contributed by atoms with E-state index in [1.807, 2.05) is 7.11 Å². The molecule has 0 radical (unpaired) electrons. The third kappa shape index (κ3) is 3.90. The van der Waals surface area contributed by atoms with E-state index >= 15 is 0 Å². The van der Waals surface area contributed by atoms with Gasteiger partial charge in [0.15, 0.2) is 0 Å². The molecule has 0 aromatic rings. The first-order valence-electron chi connectivity index (χ1n) is 7.10. The van der Waals surface area contributed by atoms with Crippen molar-refractivity contribution in [3.05, 3.63) is 0 Å². The standard InChI is InChI=1S/C13H27N3O2/c1-17-13-2-3-16(12(10-13)11-14)5-4-15-6-8-18-9-7-15/h12-13H,2-11,14H2,1H3. The van der Waals surface area contributed by atoms with Crippen LogP contribution in [0.1, 0.15) is 12.8 Å². The molecule has 0 aromatic carbocycles. The summed E-state index contributed by atoms with van der Waals surface area (Å²) in [5.41, 5.74) is 5.89. The summed E-state index contributed by atoms with van der Waals surface area (Å²) in [7, 11) is 1.81. The van der Waals surface area contributed by atoms with Gasteiger partial charge in [-0.2, -0.15) is 0 Å². The van der Waals surface area contributed by atoms with Crippen LogP contribution in [0.3, 0.4) is 0 Å². The summed E-state index contributed by atoms with van der Waals surface area (Å²) in [6.07, 6.45) is 2.62. The Hall–Kier alpha value is -0.200. The lowest BCUT2D eigenvalue weighted by Crippen LogP contribution is -2.51. The number of morpholine rings is 1. The van der Waals surface area contributed by atoms with E-state index in [1.54, 1.807) is 0 Å². The topological polar surface area (TPSA) is 51.0 Å². The molecular weight excluding hydrogens is 230 g/mol. The number of methoxy groups -OCH3 is 1. The molecule has 5 heteroatoms. The van der Waals surface area contributed by atoms with Gasteiger partial charge in [0.2, 0.25) is 0 Å². The van der Waals surface area contributed by atoms with Crippen LogP contribution in [0.25, 0.3) is 0 Å². The molecule has 0 aromatic heterocycles. The number of hydrogen-bond donors (Lipinski definition) is 1. The predicted molar refractivity (Wildman–Crippen MR) is 71.7 cm³/mol. The van der Waals surface area contributed by atoms with Crippen LogP contribution in [0.4, 0.5) is 0 Å². The summed E-state index contributed by atoms with van der Waals surface area (Å²) in [5.74, 6) is 0. The number of nitrogens with two attached hydrogens (primary N) is 1. The Morgan fingerprint density at radius 3 is 2.67 bits per heavy atom. The van der Waals surface area contributed by atoms with E-state index in [2.05, 4.69) is 9.80 Å². The first-order chi connectivity index (χ1) is 8.83. The molecule has 0 spiro atoms. The van der Waals surface area contributed by atoms with Crippen molar-refractivity contribution in [2.45, 2.75) is 25.0 Å². The molecule has 2 aliphatic heterocycles. The molecule has 0 bridgehead atoms. The Balaban J connectivity index is 1.73. The molecule has 2 aliphatic rings. The molecule has 106 valence electrons. The second-order valence-electron chi connectivity index (χ2n) is 5.26. The van der Waals surface area contributed by atoms with Crippen LogP contribution >= 0.6 is 0 Å². The van der Waals surface area contributed by atoms with E-state index in [4.69, 9.17) is 15.2 Å². The second kappa shape index (κ2) is 7.40. The van der Waals surface area contributed by atoms with Crippen molar-refractivity contribution in [1.82, 2.24) is 9.80 Å². The summed E-state index contributed by atoms with van der Waals surface area (Å²) < 4.78 is 10.8. The Labute approximate surface area is 110 Å². The van der Waals surface area contributed by atoms with Crippen LogP contribution in [-0.2, 0) is 9.47 Å². The highest BCUT2D eigenvalue weighted by atomic mass is 16.5. The first kappa shape index (κ1) is 14.2. The van der Waals surface area contributed by atoms with Crippen LogP contribution in [0, 0.1) is 0 Å². The minimum Gasteiger partial charge on any atom is -0.381 e. The monoisotopic (exact) mass is 257 g/mol. The van der Waals surface area contributed by atoms with Crippen molar-refractivity contribution in [2.75, 3.05) is 59.6 Å². The van der Waals surface area contributed by atoms with Crippen molar-refractivity contribution >= 4 is 0 Å². The summed E-state index contributed by atoms with van der Waals surface area (Å²) in [6, 6.07) is 0.491. The quantitative estimate of drug-likeness (QED) is 0.736. The third-order valence-electron chi connectivity index (χ3n) is 4.20. The molecule has 2 fully saturated rings. The minimum absolute atomic E-state index is 0.401. The Morgan fingerprint density at radius 1 is 1.22 bits per heavy atom. The highest BCUT2D eigenvalue weighted by Gasteiger charge is 2.27. The normalized spacial score (nSPS) is 31.7. The fraction of sp³-hybridized carbons (Fsp3) is 1.00. The number of ether oxygens (including phenoxy) is 2. The molecule has 2 heterocycles. The van der Waals surface area contributed by atoms with Gasteiger partial charge in [0.05, 0.1) is 19.3 Å². The molecule has 18 heavy (non-hydrogen) atoms. The summed E-state index contributed by atoms with van der Waals surface area (Å²) >= 11 is 0. The van der Waals surface area contributed by atoms with E-state index in [0.29, 0.717) is 12.1 Å². The second-order valence-corrected chi connectivity index (χ2v) is 5.26. The van der Waals surface area contributed by atoms with Gasteiger partial charge in [-0.05, 0) is 12.8 Å². The summed E-state index contributed by atoms with van der Waals surface area (Å²) in [4.78, 5) is 5.02. The molecule has 0 amide bonds. The fourth-order valence-corrected chi connectivity index (χ4v) is 2.91. The third-order valence-corrected chi connectivity index (χ3v) is 4.20. The van der Waals surface area contributed by atoms with Gasteiger partial charge in [0.1, 0.15) is 0 Å².